The molecule has 1 aliphatic heterocycles. The number of anilines is 1. The summed E-state index contributed by atoms with van der Waals surface area (Å²) in [5.41, 5.74) is 1.40. The van der Waals surface area contributed by atoms with Crippen LogP contribution >= 0.6 is 0 Å². The molecule has 1 fully saturated rings. The second kappa shape index (κ2) is 6.38. The van der Waals surface area contributed by atoms with Crippen LogP contribution in [-0.2, 0) is 9.53 Å². The molecule has 1 atom stereocenters. The van der Waals surface area contributed by atoms with Gasteiger partial charge in [0.15, 0.2) is 11.5 Å². The van der Waals surface area contributed by atoms with E-state index in [1.165, 1.54) is 4.90 Å². The molecule has 0 aliphatic carbocycles. The van der Waals surface area contributed by atoms with Gasteiger partial charge in [0, 0.05) is 19.2 Å². The molecule has 0 saturated carbocycles. The summed E-state index contributed by atoms with van der Waals surface area (Å²) in [7, 11) is 0. The molecule has 1 aliphatic rings. The highest BCUT2D eigenvalue weighted by Gasteiger charge is 2.36. The monoisotopic (exact) mass is 345 g/mol. The number of hydrogen-bond acceptors (Lipinski definition) is 5. The Kier molecular flexibility index (Phi) is 4.41. The summed E-state index contributed by atoms with van der Waals surface area (Å²) in [6, 6.07) is 4.77. The number of carbonyl (C=O) groups excluding carboxylic acids is 2. The quantitative estimate of drug-likeness (QED) is 0.901. The van der Waals surface area contributed by atoms with Crippen LogP contribution in [0.15, 0.2) is 22.6 Å². The number of nitrogens with one attached hydrogen (secondary N) is 1. The van der Waals surface area contributed by atoms with E-state index in [1.807, 2.05) is 20.8 Å². The van der Waals surface area contributed by atoms with Gasteiger partial charge in [0.25, 0.3) is 0 Å². The third-order valence-electron chi connectivity index (χ3n) is 3.95. The molecule has 1 aromatic heterocycles. The van der Waals surface area contributed by atoms with E-state index in [2.05, 4.69) is 10.3 Å². The summed E-state index contributed by atoms with van der Waals surface area (Å²) in [6.45, 7) is 7.73. The number of aryl methyl sites for hydroxylation is 1. The molecule has 1 saturated heterocycles. The third-order valence-corrected chi connectivity index (χ3v) is 3.95. The SMILES string of the molecule is Cc1nc2cc(NC(=O)C3CCCN3C(=O)OC(C)(C)C)ccc2o1. The fourth-order valence-corrected chi connectivity index (χ4v) is 2.92. The molecule has 25 heavy (non-hydrogen) atoms. The largest absolute Gasteiger partial charge is 0.444 e. The zero-order valence-corrected chi connectivity index (χ0v) is 15.0. The molecule has 0 spiro atoms. The molecule has 1 N–H and O–H groups in total. The van der Waals surface area contributed by atoms with Crippen LogP contribution in [0.25, 0.3) is 11.1 Å². The third kappa shape index (κ3) is 3.92. The molecule has 134 valence electrons. The summed E-state index contributed by atoms with van der Waals surface area (Å²) >= 11 is 0. The van der Waals surface area contributed by atoms with Gasteiger partial charge in [-0.15, -0.1) is 0 Å². The molecule has 0 radical (unpaired) electrons. The van der Waals surface area contributed by atoms with Crippen molar-refractivity contribution >= 4 is 28.8 Å². The Morgan fingerprint density at radius 2 is 2.12 bits per heavy atom. The Bertz CT molecular complexity index is 806. The number of fused-ring (bicyclic) bond motifs is 1. The number of carbonyl (C=O) groups is 2. The molecular weight excluding hydrogens is 322 g/mol. The molecule has 2 amide bonds. The van der Waals surface area contributed by atoms with Crippen LogP contribution < -0.4 is 5.32 Å². The second-order valence-electron chi connectivity index (χ2n) is 7.24. The first kappa shape index (κ1) is 17.3. The molecule has 2 aromatic rings. The topological polar surface area (TPSA) is 84.7 Å². The van der Waals surface area contributed by atoms with Gasteiger partial charge < -0.3 is 14.5 Å². The van der Waals surface area contributed by atoms with Crippen molar-refractivity contribution in [3.05, 3.63) is 24.1 Å². The van der Waals surface area contributed by atoms with Gasteiger partial charge in [-0.05, 0) is 51.8 Å². The van der Waals surface area contributed by atoms with Crippen LogP contribution in [0.2, 0.25) is 0 Å². The fraction of sp³-hybridized carbons (Fsp3) is 0.500. The zero-order chi connectivity index (χ0) is 18.2. The lowest BCUT2D eigenvalue weighted by molar-refractivity contribution is -0.120. The maximum absolute atomic E-state index is 12.6. The Hall–Kier alpha value is -2.57. The summed E-state index contributed by atoms with van der Waals surface area (Å²) in [5, 5.41) is 2.86. The summed E-state index contributed by atoms with van der Waals surface area (Å²) < 4.78 is 10.8. The van der Waals surface area contributed by atoms with Crippen LogP contribution in [0.4, 0.5) is 10.5 Å². The van der Waals surface area contributed by atoms with Crippen molar-refractivity contribution in [3.63, 3.8) is 0 Å². The lowest BCUT2D eigenvalue weighted by atomic mass is 10.2. The first-order valence-electron chi connectivity index (χ1n) is 8.40. The van der Waals surface area contributed by atoms with E-state index in [-0.39, 0.29) is 5.91 Å². The molecular formula is C18H23N3O4. The number of oxazole rings is 1. The fourth-order valence-electron chi connectivity index (χ4n) is 2.92. The number of amides is 2. The average Bonchev–Trinajstić information content (AvgIpc) is 3.10. The van der Waals surface area contributed by atoms with Crippen molar-refractivity contribution in [1.29, 1.82) is 0 Å². The van der Waals surface area contributed by atoms with Gasteiger partial charge in [0.05, 0.1) is 0 Å². The van der Waals surface area contributed by atoms with E-state index in [9.17, 15) is 9.59 Å². The van der Waals surface area contributed by atoms with Crippen molar-refractivity contribution in [2.75, 3.05) is 11.9 Å². The van der Waals surface area contributed by atoms with Crippen molar-refractivity contribution in [2.45, 2.75) is 52.2 Å². The van der Waals surface area contributed by atoms with E-state index in [0.29, 0.717) is 35.6 Å². The number of benzene rings is 1. The number of nitrogens with zero attached hydrogens (tertiary/aromatic N) is 2. The van der Waals surface area contributed by atoms with Crippen molar-refractivity contribution in [2.24, 2.45) is 0 Å². The minimum absolute atomic E-state index is 0.220. The van der Waals surface area contributed by atoms with Crippen LogP contribution in [0.1, 0.15) is 39.5 Å². The van der Waals surface area contributed by atoms with Gasteiger partial charge in [0.1, 0.15) is 17.2 Å². The lowest BCUT2D eigenvalue weighted by Gasteiger charge is -2.28. The molecule has 0 bridgehead atoms. The highest BCUT2D eigenvalue weighted by atomic mass is 16.6. The molecule has 1 aromatic carbocycles. The van der Waals surface area contributed by atoms with E-state index >= 15 is 0 Å². The highest BCUT2D eigenvalue weighted by molar-refractivity contribution is 5.98. The Balaban J connectivity index is 1.71. The molecule has 3 rings (SSSR count). The van der Waals surface area contributed by atoms with Gasteiger partial charge in [0.2, 0.25) is 5.91 Å². The summed E-state index contributed by atoms with van der Waals surface area (Å²) in [5.74, 6) is 0.355. The molecule has 2 heterocycles. The maximum atomic E-state index is 12.6. The Morgan fingerprint density at radius 3 is 2.84 bits per heavy atom. The summed E-state index contributed by atoms with van der Waals surface area (Å²) in [6.07, 6.45) is 0.947. The van der Waals surface area contributed by atoms with Crippen molar-refractivity contribution in [3.8, 4) is 0 Å². The minimum atomic E-state index is -0.587. The standard InChI is InChI=1S/C18H23N3O4/c1-11-19-13-10-12(7-8-15(13)24-11)20-16(22)14-6-5-9-21(14)17(23)25-18(2,3)4/h7-8,10,14H,5-6,9H2,1-4H3,(H,20,22). The lowest BCUT2D eigenvalue weighted by Crippen LogP contribution is -2.45. The number of ether oxygens (including phenoxy) is 1. The van der Waals surface area contributed by atoms with Gasteiger partial charge in [-0.3, -0.25) is 9.69 Å². The van der Waals surface area contributed by atoms with E-state index in [1.54, 1.807) is 25.1 Å². The van der Waals surface area contributed by atoms with E-state index < -0.39 is 17.7 Å². The number of hydrogen-bond donors (Lipinski definition) is 1. The normalized spacial score (nSPS) is 17.8. The Labute approximate surface area is 146 Å². The van der Waals surface area contributed by atoms with Gasteiger partial charge in [-0.1, -0.05) is 0 Å². The number of aromatic nitrogens is 1. The van der Waals surface area contributed by atoms with Gasteiger partial charge in [-0.2, -0.15) is 0 Å². The second-order valence-corrected chi connectivity index (χ2v) is 7.24. The number of rotatable bonds is 2. The minimum Gasteiger partial charge on any atom is -0.444 e. The van der Waals surface area contributed by atoms with Crippen LogP contribution in [-0.4, -0.2) is 40.1 Å². The van der Waals surface area contributed by atoms with Gasteiger partial charge >= 0.3 is 6.09 Å². The molecule has 7 heteroatoms. The smallest absolute Gasteiger partial charge is 0.410 e. The maximum Gasteiger partial charge on any atom is 0.410 e. The first-order valence-corrected chi connectivity index (χ1v) is 8.40. The zero-order valence-electron chi connectivity index (χ0n) is 15.0. The first-order chi connectivity index (χ1) is 11.7. The van der Waals surface area contributed by atoms with Crippen molar-refractivity contribution < 1.29 is 18.7 Å². The van der Waals surface area contributed by atoms with Crippen LogP contribution in [0.3, 0.4) is 0 Å². The Morgan fingerprint density at radius 1 is 1.36 bits per heavy atom. The summed E-state index contributed by atoms with van der Waals surface area (Å²) in [4.78, 5) is 30.7. The van der Waals surface area contributed by atoms with Crippen LogP contribution in [0.5, 0.6) is 0 Å². The van der Waals surface area contributed by atoms with Crippen LogP contribution in [0, 0.1) is 6.92 Å². The molecule has 1 unspecified atom stereocenters. The molecule has 7 nitrogen and oxygen atoms in total. The van der Waals surface area contributed by atoms with Gasteiger partial charge in [-0.25, -0.2) is 9.78 Å². The van der Waals surface area contributed by atoms with Crippen molar-refractivity contribution in [1.82, 2.24) is 9.88 Å². The predicted octanol–water partition coefficient (Wildman–Crippen LogP) is 3.47. The van der Waals surface area contributed by atoms with E-state index in [0.717, 1.165) is 6.42 Å². The number of likely N-dealkylation sites (tertiary alicyclic amines) is 1. The van der Waals surface area contributed by atoms with E-state index in [4.69, 9.17) is 9.15 Å². The highest BCUT2D eigenvalue weighted by Crippen LogP contribution is 2.24. The average molecular weight is 345 g/mol. The predicted molar refractivity (Wildman–Crippen MR) is 93.3 cm³/mol.